The summed E-state index contributed by atoms with van der Waals surface area (Å²) in [5, 5.41) is 3.21. The van der Waals surface area contributed by atoms with E-state index in [4.69, 9.17) is 10.5 Å². The molecule has 1 aromatic carbocycles. The number of nitrogens with two attached hydrogens (primary N) is 1. The Morgan fingerprint density at radius 2 is 2.12 bits per heavy atom. The molecule has 0 aliphatic carbocycles. The van der Waals surface area contributed by atoms with Gasteiger partial charge in [0.1, 0.15) is 12.4 Å². The summed E-state index contributed by atoms with van der Waals surface area (Å²) in [6, 6.07) is 7.70. The minimum absolute atomic E-state index is 0.521. The quantitative estimate of drug-likeness (QED) is 0.820. The molecule has 0 amide bonds. The second-order valence-corrected chi connectivity index (χ2v) is 3.65. The summed E-state index contributed by atoms with van der Waals surface area (Å²) in [5.41, 5.74) is 6.34. The summed E-state index contributed by atoms with van der Waals surface area (Å²) in [7, 11) is 1.94. The maximum absolute atomic E-state index is 5.40. The molecule has 0 aliphatic rings. The molecular weight excluding hydrogens is 216 g/mol. The number of benzene rings is 1. The van der Waals surface area contributed by atoms with Crippen LogP contribution in [0.4, 0.5) is 11.6 Å². The zero-order valence-electron chi connectivity index (χ0n) is 9.76. The van der Waals surface area contributed by atoms with Gasteiger partial charge in [0.25, 0.3) is 0 Å². The van der Waals surface area contributed by atoms with Gasteiger partial charge in [-0.3, -0.25) is 0 Å². The lowest BCUT2D eigenvalue weighted by molar-refractivity contribution is 0.328. The molecule has 5 heteroatoms. The lowest BCUT2D eigenvalue weighted by Crippen LogP contribution is -2.10. The van der Waals surface area contributed by atoms with Crippen molar-refractivity contribution in [1.29, 1.82) is 0 Å². The Morgan fingerprint density at radius 1 is 1.35 bits per heavy atom. The van der Waals surface area contributed by atoms with Crippen LogP contribution < -0.4 is 15.8 Å². The van der Waals surface area contributed by atoms with Gasteiger partial charge in [0, 0.05) is 31.7 Å². The normalized spacial score (nSPS) is 10.2. The van der Waals surface area contributed by atoms with E-state index in [1.54, 1.807) is 6.20 Å². The molecule has 1 aromatic heterocycles. The summed E-state index contributed by atoms with van der Waals surface area (Å²) in [4.78, 5) is 4.19. The van der Waals surface area contributed by atoms with Crippen molar-refractivity contribution >= 4 is 11.6 Å². The number of nitrogens with zero attached hydrogens (tertiary/aromatic N) is 2. The second-order valence-electron chi connectivity index (χ2n) is 3.65. The summed E-state index contributed by atoms with van der Waals surface area (Å²) >= 11 is 0. The van der Waals surface area contributed by atoms with Crippen molar-refractivity contribution in [3.8, 4) is 5.75 Å². The first kappa shape index (κ1) is 11.5. The number of nitrogens with one attached hydrogen (secondary N) is 1. The summed E-state index contributed by atoms with van der Waals surface area (Å²) < 4.78 is 7.31. The summed E-state index contributed by atoms with van der Waals surface area (Å²) in [6.07, 6.45) is 3.64. The molecule has 0 radical (unpaired) electrons. The van der Waals surface area contributed by atoms with Crippen molar-refractivity contribution in [1.82, 2.24) is 9.55 Å². The van der Waals surface area contributed by atoms with E-state index in [1.807, 2.05) is 42.1 Å². The minimum atomic E-state index is 0.521. The average molecular weight is 232 g/mol. The molecule has 0 aliphatic heterocycles. The zero-order chi connectivity index (χ0) is 12.1. The molecule has 3 N–H and O–H groups in total. The Labute approximate surface area is 100 Å². The summed E-state index contributed by atoms with van der Waals surface area (Å²) in [6.45, 7) is 1.05. The fourth-order valence-electron chi connectivity index (χ4n) is 1.43. The monoisotopic (exact) mass is 232 g/mol. The Kier molecular flexibility index (Phi) is 3.62. The van der Waals surface area contributed by atoms with Gasteiger partial charge in [0.15, 0.2) is 0 Å². The highest BCUT2D eigenvalue weighted by atomic mass is 16.5. The van der Waals surface area contributed by atoms with E-state index >= 15 is 0 Å². The molecule has 90 valence electrons. The lowest BCUT2D eigenvalue weighted by Gasteiger charge is -2.08. The predicted octanol–water partition coefficient (Wildman–Crippen LogP) is 1.50. The Morgan fingerprint density at radius 3 is 2.71 bits per heavy atom. The fourth-order valence-corrected chi connectivity index (χ4v) is 1.43. The fraction of sp³-hybridized carbons (Fsp3) is 0.250. The Hall–Kier alpha value is -2.01. The lowest BCUT2D eigenvalue weighted by atomic mass is 10.3. The van der Waals surface area contributed by atoms with Crippen LogP contribution >= 0.6 is 0 Å². The van der Waals surface area contributed by atoms with Crippen LogP contribution in [0, 0.1) is 0 Å². The van der Waals surface area contributed by atoms with Gasteiger partial charge in [-0.1, -0.05) is 0 Å². The molecule has 0 spiro atoms. The van der Waals surface area contributed by atoms with Crippen molar-refractivity contribution in [3.05, 3.63) is 36.7 Å². The van der Waals surface area contributed by atoms with Crippen molar-refractivity contribution in [2.75, 3.05) is 18.5 Å². The SMILES string of the molecule is Cn1ccnc1Nc1ccc(OCCN)cc1. The third-order valence-electron chi connectivity index (χ3n) is 2.32. The predicted molar refractivity (Wildman–Crippen MR) is 67.5 cm³/mol. The van der Waals surface area contributed by atoms with Gasteiger partial charge >= 0.3 is 0 Å². The number of aromatic nitrogens is 2. The number of hydrogen-bond donors (Lipinski definition) is 2. The molecule has 0 atom stereocenters. The Bertz CT molecular complexity index is 464. The number of anilines is 2. The van der Waals surface area contributed by atoms with Gasteiger partial charge in [-0.2, -0.15) is 0 Å². The third-order valence-corrected chi connectivity index (χ3v) is 2.32. The smallest absolute Gasteiger partial charge is 0.207 e. The van der Waals surface area contributed by atoms with Crippen molar-refractivity contribution in [2.24, 2.45) is 12.8 Å². The minimum Gasteiger partial charge on any atom is -0.492 e. The number of rotatable bonds is 5. The van der Waals surface area contributed by atoms with Gasteiger partial charge in [-0.25, -0.2) is 4.98 Å². The highest BCUT2D eigenvalue weighted by molar-refractivity contribution is 5.54. The zero-order valence-corrected chi connectivity index (χ0v) is 9.76. The first-order chi connectivity index (χ1) is 8.29. The van der Waals surface area contributed by atoms with E-state index in [1.165, 1.54) is 0 Å². The van der Waals surface area contributed by atoms with E-state index < -0.39 is 0 Å². The number of imidazole rings is 1. The van der Waals surface area contributed by atoms with Crippen LogP contribution in [-0.4, -0.2) is 22.7 Å². The van der Waals surface area contributed by atoms with Crippen LogP contribution in [0.3, 0.4) is 0 Å². The molecule has 0 unspecified atom stereocenters. The van der Waals surface area contributed by atoms with Crippen molar-refractivity contribution < 1.29 is 4.74 Å². The van der Waals surface area contributed by atoms with E-state index in [0.717, 1.165) is 17.4 Å². The molecule has 0 saturated heterocycles. The first-order valence-corrected chi connectivity index (χ1v) is 5.47. The highest BCUT2D eigenvalue weighted by Gasteiger charge is 1.99. The van der Waals surface area contributed by atoms with Crippen molar-refractivity contribution in [3.63, 3.8) is 0 Å². The van der Waals surface area contributed by atoms with Gasteiger partial charge in [0.05, 0.1) is 0 Å². The van der Waals surface area contributed by atoms with E-state index in [0.29, 0.717) is 13.2 Å². The molecule has 2 rings (SSSR count). The molecule has 5 nitrogen and oxygen atoms in total. The van der Waals surface area contributed by atoms with Gasteiger partial charge in [0.2, 0.25) is 5.95 Å². The molecule has 0 fully saturated rings. The van der Waals surface area contributed by atoms with Crippen LogP contribution in [0.5, 0.6) is 5.75 Å². The van der Waals surface area contributed by atoms with Crippen molar-refractivity contribution in [2.45, 2.75) is 0 Å². The second kappa shape index (κ2) is 5.36. The number of ether oxygens (including phenoxy) is 1. The van der Waals surface area contributed by atoms with Gasteiger partial charge in [-0.15, -0.1) is 0 Å². The Balaban J connectivity index is 2.01. The molecule has 0 saturated carbocycles. The van der Waals surface area contributed by atoms with E-state index in [-0.39, 0.29) is 0 Å². The van der Waals surface area contributed by atoms with Crippen LogP contribution in [0.1, 0.15) is 0 Å². The van der Waals surface area contributed by atoms with Crippen LogP contribution in [0.25, 0.3) is 0 Å². The maximum Gasteiger partial charge on any atom is 0.207 e. The largest absolute Gasteiger partial charge is 0.492 e. The third kappa shape index (κ3) is 2.98. The van der Waals surface area contributed by atoms with E-state index in [9.17, 15) is 0 Å². The maximum atomic E-state index is 5.40. The molecular formula is C12H16N4O. The molecule has 2 aromatic rings. The first-order valence-electron chi connectivity index (χ1n) is 5.47. The van der Waals surface area contributed by atoms with Crippen LogP contribution in [0.15, 0.2) is 36.7 Å². The van der Waals surface area contributed by atoms with Gasteiger partial charge < -0.3 is 20.4 Å². The topological polar surface area (TPSA) is 65.1 Å². The van der Waals surface area contributed by atoms with E-state index in [2.05, 4.69) is 10.3 Å². The number of hydrogen-bond acceptors (Lipinski definition) is 4. The highest BCUT2D eigenvalue weighted by Crippen LogP contribution is 2.18. The average Bonchev–Trinajstić information content (AvgIpc) is 2.74. The van der Waals surface area contributed by atoms with Gasteiger partial charge in [-0.05, 0) is 24.3 Å². The van der Waals surface area contributed by atoms with Crippen LogP contribution in [0.2, 0.25) is 0 Å². The molecule has 17 heavy (non-hydrogen) atoms. The standard InChI is InChI=1S/C12H16N4O/c1-16-8-7-14-12(16)15-10-2-4-11(5-3-10)17-9-6-13/h2-5,7-8H,6,9,13H2,1H3,(H,14,15). The number of aryl methyl sites for hydroxylation is 1. The molecule has 1 heterocycles. The van der Waals surface area contributed by atoms with Crippen LogP contribution in [-0.2, 0) is 7.05 Å². The summed E-state index contributed by atoms with van der Waals surface area (Å²) in [5.74, 6) is 1.63. The molecule has 0 bridgehead atoms.